The summed E-state index contributed by atoms with van der Waals surface area (Å²) in [6, 6.07) is 0. The summed E-state index contributed by atoms with van der Waals surface area (Å²) in [6.07, 6.45) is -7.93. The van der Waals surface area contributed by atoms with Gasteiger partial charge in [-0.1, -0.05) is 0 Å². The second-order valence-corrected chi connectivity index (χ2v) is 11.5. The highest BCUT2D eigenvalue weighted by atomic mass is 31.2. The number of nitrogens with one attached hydrogen (secondary N) is 1. The third kappa shape index (κ3) is 4.74. The van der Waals surface area contributed by atoms with Gasteiger partial charge in [-0.15, -0.1) is 0 Å². The van der Waals surface area contributed by atoms with Gasteiger partial charge in [-0.25, -0.2) is 14.5 Å². The maximum atomic E-state index is 13.9. The Labute approximate surface area is 238 Å². The van der Waals surface area contributed by atoms with Crippen molar-refractivity contribution < 1.29 is 47.3 Å². The minimum Gasteiger partial charge on any atom is -0.388 e. The predicted molar refractivity (Wildman–Crippen MR) is 137 cm³/mol. The lowest BCUT2D eigenvalue weighted by atomic mass is 9.95. The van der Waals surface area contributed by atoms with Crippen molar-refractivity contribution in [1.29, 1.82) is 0 Å². The van der Waals surface area contributed by atoms with Crippen LogP contribution in [-0.4, -0.2) is 98.1 Å². The quantitative estimate of drug-likeness (QED) is 0.106. The number of ether oxygens (including phenoxy) is 3. The van der Waals surface area contributed by atoms with E-state index in [4.69, 9.17) is 34.7 Å². The second-order valence-electron chi connectivity index (χ2n) is 10.1. The molecule has 0 aliphatic carbocycles. The van der Waals surface area contributed by atoms with Crippen LogP contribution < -0.4 is 17.0 Å². The van der Waals surface area contributed by atoms with E-state index >= 15 is 0 Å². The molecule has 22 heteroatoms. The third-order valence-electron chi connectivity index (χ3n) is 7.50. The molecule has 0 aromatic carbocycles. The maximum absolute atomic E-state index is 13.9. The summed E-state index contributed by atoms with van der Waals surface area (Å²) < 4.78 is 57.7. The SMILES string of the molecule is Nc1nc2c(ncn2[C@@H]2OC3OCC[C@H]4[C@@H](O)[C@H](n5cnc6c(N)nc(F)nc65)O[C@@H]4COP(=O)(O)O[C@@H]2[C@@H]3O)c(=O)[nH]1. The fourth-order valence-corrected chi connectivity index (χ4v) is 6.47. The number of anilines is 2. The molecule has 2 bridgehead atoms. The van der Waals surface area contributed by atoms with Gasteiger partial charge in [0.1, 0.15) is 18.3 Å². The Kier molecular flexibility index (Phi) is 6.68. The molecular weight excluding hydrogens is 602 g/mol. The summed E-state index contributed by atoms with van der Waals surface area (Å²) in [5.74, 6) is -1.19. The number of H-pyrrole nitrogens is 1. The molecule has 0 spiro atoms. The summed E-state index contributed by atoms with van der Waals surface area (Å²) in [6.45, 7) is -0.625. The molecule has 2 unspecified atom stereocenters. The Hall–Kier alpha value is -3.66. The molecule has 3 fully saturated rings. The molecule has 3 aliphatic heterocycles. The van der Waals surface area contributed by atoms with Crippen molar-refractivity contribution in [3.8, 4) is 0 Å². The third-order valence-corrected chi connectivity index (χ3v) is 8.49. The van der Waals surface area contributed by atoms with Gasteiger partial charge in [-0.3, -0.25) is 28.0 Å². The number of fused-ring (bicyclic) bond motifs is 5. The molecule has 4 aromatic heterocycles. The molecule has 43 heavy (non-hydrogen) atoms. The van der Waals surface area contributed by atoms with Crippen molar-refractivity contribution >= 4 is 41.9 Å². The number of aromatic nitrogens is 8. The van der Waals surface area contributed by atoms with Crippen LogP contribution in [0.1, 0.15) is 18.9 Å². The van der Waals surface area contributed by atoms with E-state index < -0.39 is 75.1 Å². The predicted octanol–water partition coefficient (Wildman–Crippen LogP) is -1.72. The normalized spacial score (nSPS) is 35.2. The van der Waals surface area contributed by atoms with Crippen LogP contribution in [0.2, 0.25) is 0 Å². The molecule has 0 saturated carbocycles. The molecule has 0 amide bonds. The van der Waals surface area contributed by atoms with Gasteiger partial charge in [0.2, 0.25) is 5.95 Å². The average Bonchev–Trinajstić information content (AvgIpc) is 3.69. The molecule has 9 atom stereocenters. The van der Waals surface area contributed by atoms with Crippen LogP contribution in [0.3, 0.4) is 0 Å². The monoisotopic (exact) mass is 626 g/mol. The number of rotatable bonds is 2. The Morgan fingerprint density at radius 2 is 1.74 bits per heavy atom. The number of halogens is 1. The topological polar surface area (TPSA) is 283 Å². The number of nitrogens with zero attached hydrogens (tertiary/aromatic N) is 7. The van der Waals surface area contributed by atoms with Crippen LogP contribution in [0.15, 0.2) is 17.4 Å². The zero-order valence-electron chi connectivity index (χ0n) is 21.7. The molecule has 3 saturated heterocycles. The van der Waals surface area contributed by atoms with Gasteiger partial charge in [0.05, 0.1) is 32.0 Å². The minimum absolute atomic E-state index is 0.0372. The molecule has 20 nitrogen and oxygen atoms in total. The molecule has 8 N–H and O–H groups in total. The number of aromatic amines is 1. The zero-order chi connectivity index (χ0) is 30.2. The molecule has 230 valence electrons. The minimum atomic E-state index is -4.95. The lowest BCUT2D eigenvalue weighted by Crippen LogP contribution is -2.37. The molecule has 0 radical (unpaired) electrons. The lowest BCUT2D eigenvalue weighted by molar-refractivity contribution is -0.178. The zero-order valence-corrected chi connectivity index (χ0v) is 22.6. The van der Waals surface area contributed by atoms with Crippen LogP contribution in [-0.2, 0) is 27.8 Å². The number of nitrogens with two attached hydrogens (primary N) is 2. The highest BCUT2D eigenvalue weighted by molar-refractivity contribution is 7.47. The van der Waals surface area contributed by atoms with Gasteiger partial charge in [-0.05, 0) is 6.42 Å². The van der Waals surface area contributed by atoms with E-state index in [-0.39, 0.29) is 47.1 Å². The smallest absolute Gasteiger partial charge is 0.388 e. The van der Waals surface area contributed by atoms with Gasteiger partial charge < -0.3 is 40.8 Å². The summed E-state index contributed by atoms with van der Waals surface area (Å²) in [5.41, 5.74) is 10.7. The fraction of sp³-hybridized carbons (Fsp3) is 0.524. The number of hydrogen-bond acceptors (Lipinski definition) is 16. The van der Waals surface area contributed by atoms with E-state index in [2.05, 4.69) is 29.9 Å². The van der Waals surface area contributed by atoms with E-state index in [1.807, 2.05) is 0 Å². The fourth-order valence-electron chi connectivity index (χ4n) is 5.54. The number of aliphatic hydroxyl groups is 2. The van der Waals surface area contributed by atoms with E-state index in [1.165, 1.54) is 21.8 Å². The number of imidazole rings is 2. The largest absolute Gasteiger partial charge is 0.472 e. The number of hydrogen-bond donors (Lipinski definition) is 6. The molecule has 3 aliphatic rings. The van der Waals surface area contributed by atoms with Gasteiger partial charge in [0, 0.05) is 5.92 Å². The van der Waals surface area contributed by atoms with Crippen molar-refractivity contribution in [1.82, 2.24) is 39.0 Å². The van der Waals surface area contributed by atoms with Crippen molar-refractivity contribution in [2.75, 3.05) is 24.7 Å². The Bertz CT molecular complexity index is 1820. The van der Waals surface area contributed by atoms with Gasteiger partial charge in [0.15, 0.2) is 46.9 Å². The lowest BCUT2D eigenvalue weighted by Gasteiger charge is -2.26. The maximum Gasteiger partial charge on any atom is 0.472 e. The summed E-state index contributed by atoms with van der Waals surface area (Å²) in [7, 11) is -4.95. The first-order chi connectivity index (χ1) is 20.5. The Morgan fingerprint density at radius 1 is 1.02 bits per heavy atom. The summed E-state index contributed by atoms with van der Waals surface area (Å²) in [4.78, 5) is 44.4. The van der Waals surface area contributed by atoms with Crippen LogP contribution in [0.5, 0.6) is 0 Å². The van der Waals surface area contributed by atoms with Crippen LogP contribution >= 0.6 is 7.82 Å². The Balaban J connectivity index is 1.17. The van der Waals surface area contributed by atoms with Crippen LogP contribution in [0.4, 0.5) is 16.2 Å². The van der Waals surface area contributed by atoms with E-state index in [0.29, 0.717) is 0 Å². The molecular formula is C21H24FN10O10P. The van der Waals surface area contributed by atoms with Crippen molar-refractivity contribution in [3.05, 3.63) is 29.1 Å². The van der Waals surface area contributed by atoms with Gasteiger partial charge in [-0.2, -0.15) is 19.3 Å². The molecule has 7 heterocycles. The highest BCUT2D eigenvalue weighted by Gasteiger charge is 2.52. The first-order valence-corrected chi connectivity index (χ1v) is 14.3. The van der Waals surface area contributed by atoms with Crippen LogP contribution in [0.25, 0.3) is 22.3 Å². The van der Waals surface area contributed by atoms with E-state index in [9.17, 15) is 28.9 Å². The standard InChI is InChI=1S/C21H24FN10O10P/c22-20-27-13(23)8-14(28-20)31(4-25-8)17-10(33)6-1-2-38-19-11(34)12(42-43(36,37)39-3-7(6)40-17)18(41-19)32-5-26-9-15(32)29-21(24)30-16(9)35/h4-7,10-12,17-19,33-34H,1-3H2,(H,36,37)(H2,23,27,28)(H3,24,29,30,35)/t6-,7-,10-,11+,12-,17-,18-,19?/m1/s1. The number of aliphatic hydroxyl groups excluding tert-OH is 2. The van der Waals surface area contributed by atoms with E-state index in [1.54, 1.807) is 0 Å². The van der Waals surface area contributed by atoms with Crippen molar-refractivity contribution in [3.63, 3.8) is 0 Å². The summed E-state index contributed by atoms with van der Waals surface area (Å²) in [5, 5.41) is 22.2. The number of phosphoric acid groups is 1. The second kappa shape index (κ2) is 10.2. The van der Waals surface area contributed by atoms with Crippen LogP contribution in [0, 0.1) is 12.0 Å². The number of phosphoric ester groups is 1. The Morgan fingerprint density at radius 3 is 2.53 bits per heavy atom. The number of nitrogen functional groups attached to an aromatic ring is 2. The van der Waals surface area contributed by atoms with Crippen molar-refractivity contribution in [2.24, 2.45) is 5.92 Å². The first kappa shape index (κ1) is 28.1. The molecule has 4 aromatic rings. The first-order valence-electron chi connectivity index (χ1n) is 12.8. The van der Waals surface area contributed by atoms with Gasteiger partial charge >= 0.3 is 13.9 Å². The van der Waals surface area contributed by atoms with Crippen molar-refractivity contribution in [2.45, 2.75) is 49.6 Å². The summed E-state index contributed by atoms with van der Waals surface area (Å²) >= 11 is 0. The highest BCUT2D eigenvalue weighted by Crippen LogP contribution is 2.51. The average molecular weight is 626 g/mol. The molecule has 7 rings (SSSR count). The van der Waals surface area contributed by atoms with E-state index in [0.717, 1.165) is 0 Å². The van der Waals surface area contributed by atoms with Gasteiger partial charge in [0.25, 0.3) is 5.56 Å².